The molecule has 0 bridgehead atoms. The zero-order valence-corrected chi connectivity index (χ0v) is 16.3. The number of hydrazone groups is 1. The van der Waals surface area contributed by atoms with Crippen molar-refractivity contribution in [2.24, 2.45) is 5.10 Å². The second kappa shape index (κ2) is 8.63. The molecule has 1 aromatic heterocycles. The Kier molecular flexibility index (Phi) is 6.02. The van der Waals surface area contributed by atoms with Crippen molar-refractivity contribution in [3.8, 4) is 5.75 Å². The van der Waals surface area contributed by atoms with Crippen molar-refractivity contribution in [2.45, 2.75) is 20.5 Å². The zero-order valence-electron chi connectivity index (χ0n) is 14.7. The van der Waals surface area contributed by atoms with Crippen molar-refractivity contribution >= 4 is 28.0 Å². The van der Waals surface area contributed by atoms with E-state index in [4.69, 9.17) is 4.74 Å². The van der Waals surface area contributed by atoms with Gasteiger partial charge in [-0.2, -0.15) is 5.10 Å². The maximum atomic E-state index is 6.04. The summed E-state index contributed by atoms with van der Waals surface area (Å²) >= 11 is 3.45. The molecule has 0 aliphatic heterocycles. The second-order valence-electron chi connectivity index (χ2n) is 5.98. The van der Waals surface area contributed by atoms with Crippen LogP contribution in [0.25, 0.3) is 0 Å². The van der Waals surface area contributed by atoms with Gasteiger partial charge in [-0.1, -0.05) is 34.1 Å². The lowest BCUT2D eigenvalue weighted by atomic mass is 10.1. The second-order valence-corrected chi connectivity index (χ2v) is 6.90. The summed E-state index contributed by atoms with van der Waals surface area (Å²) in [7, 11) is 0. The molecule has 3 aromatic rings. The number of halogens is 1. The lowest BCUT2D eigenvalue weighted by Gasteiger charge is -2.13. The highest BCUT2D eigenvalue weighted by Gasteiger charge is 2.06. The maximum Gasteiger partial charge on any atom is 0.146 e. The average Bonchev–Trinajstić information content (AvgIpc) is 2.63. The summed E-state index contributed by atoms with van der Waals surface area (Å²) < 4.78 is 7.10. The van der Waals surface area contributed by atoms with E-state index in [-0.39, 0.29) is 0 Å². The fourth-order valence-corrected chi connectivity index (χ4v) is 2.89. The van der Waals surface area contributed by atoms with Crippen LogP contribution in [0.5, 0.6) is 5.75 Å². The Hall–Kier alpha value is -2.66. The molecule has 0 aliphatic rings. The van der Waals surface area contributed by atoms with E-state index >= 15 is 0 Å². The molecule has 4 nitrogen and oxygen atoms in total. The Balaban J connectivity index is 1.66. The topological polar surface area (TPSA) is 46.5 Å². The van der Waals surface area contributed by atoms with Crippen LogP contribution in [-0.2, 0) is 6.61 Å². The molecule has 5 heteroatoms. The van der Waals surface area contributed by atoms with Gasteiger partial charge in [0.15, 0.2) is 0 Å². The number of hydrogen-bond donors (Lipinski definition) is 1. The molecule has 0 fully saturated rings. The molecule has 0 radical (unpaired) electrons. The monoisotopic (exact) mass is 409 g/mol. The molecule has 0 saturated carbocycles. The first kappa shape index (κ1) is 18.1. The van der Waals surface area contributed by atoms with E-state index in [1.165, 1.54) is 0 Å². The number of aromatic nitrogens is 1. The molecule has 1 heterocycles. The van der Waals surface area contributed by atoms with E-state index < -0.39 is 0 Å². The summed E-state index contributed by atoms with van der Waals surface area (Å²) in [5.74, 6) is 1.63. The molecule has 2 aromatic carbocycles. The molecule has 0 amide bonds. The van der Waals surface area contributed by atoms with Crippen LogP contribution in [0.3, 0.4) is 0 Å². The first-order chi connectivity index (χ1) is 12.6. The molecular formula is C21H20BrN3O. The van der Waals surface area contributed by atoms with Crippen LogP contribution in [0.15, 0.2) is 70.4 Å². The SMILES string of the molecule is Cc1cc(/C=N/Nc2ccccn2)cc(C)c1OCc1ccc(Br)cc1. The van der Waals surface area contributed by atoms with Crippen LogP contribution >= 0.6 is 15.9 Å². The van der Waals surface area contributed by atoms with Gasteiger partial charge in [-0.15, -0.1) is 0 Å². The van der Waals surface area contributed by atoms with E-state index in [1.54, 1.807) is 12.4 Å². The average molecular weight is 410 g/mol. The minimum Gasteiger partial charge on any atom is -0.488 e. The van der Waals surface area contributed by atoms with Gasteiger partial charge in [0.05, 0.1) is 6.21 Å². The van der Waals surface area contributed by atoms with Crippen molar-refractivity contribution in [1.29, 1.82) is 0 Å². The van der Waals surface area contributed by atoms with Crippen molar-refractivity contribution < 1.29 is 4.74 Å². The first-order valence-electron chi connectivity index (χ1n) is 8.30. The predicted molar refractivity (Wildman–Crippen MR) is 110 cm³/mol. The maximum absolute atomic E-state index is 6.04. The van der Waals surface area contributed by atoms with Crippen LogP contribution in [0.2, 0.25) is 0 Å². The summed E-state index contributed by atoms with van der Waals surface area (Å²) in [6.07, 6.45) is 3.51. The van der Waals surface area contributed by atoms with Crippen LogP contribution in [0, 0.1) is 13.8 Å². The molecule has 1 N–H and O–H groups in total. The van der Waals surface area contributed by atoms with E-state index in [2.05, 4.69) is 55.7 Å². The Morgan fingerprint density at radius 2 is 1.81 bits per heavy atom. The normalized spacial score (nSPS) is 10.9. The number of hydrogen-bond acceptors (Lipinski definition) is 4. The lowest BCUT2D eigenvalue weighted by molar-refractivity contribution is 0.302. The Bertz CT molecular complexity index is 870. The molecule has 0 spiro atoms. The highest BCUT2D eigenvalue weighted by molar-refractivity contribution is 9.10. The quantitative estimate of drug-likeness (QED) is 0.432. The Labute approximate surface area is 162 Å². The minimum absolute atomic E-state index is 0.545. The minimum atomic E-state index is 0.545. The van der Waals surface area contributed by atoms with E-state index in [0.717, 1.165) is 32.5 Å². The van der Waals surface area contributed by atoms with E-state index in [9.17, 15) is 0 Å². The van der Waals surface area contributed by atoms with Crippen LogP contribution in [0.4, 0.5) is 5.82 Å². The van der Waals surface area contributed by atoms with Gasteiger partial charge in [0.1, 0.15) is 18.2 Å². The molecule has 0 saturated heterocycles. The summed E-state index contributed by atoms with van der Waals surface area (Å²) in [4.78, 5) is 4.17. The number of aryl methyl sites for hydroxylation is 2. The first-order valence-corrected chi connectivity index (χ1v) is 9.10. The van der Waals surface area contributed by atoms with Gasteiger partial charge in [-0.05, 0) is 72.5 Å². The van der Waals surface area contributed by atoms with Crippen molar-refractivity contribution in [2.75, 3.05) is 5.43 Å². The van der Waals surface area contributed by atoms with Gasteiger partial charge in [0.25, 0.3) is 0 Å². The van der Waals surface area contributed by atoms with Gasteiger partial charge < -0.3 is 4.74 Å². The number of ether oxygens (including phenoxy) is 1. The summed E-state index contributed by atoms with van der Waals surface area (Å²) in [6, 6.07) is 17.9. The predicted octanol–water partition coefficient (Wildman–Crippen LogP) is 5.49. The summed E-state index contributed by atoms with van der Waals surface area (Å²) in [5, 5.41) is 4.24. The van der Waals surface area contributed by atoms with Crippen LogP contribution in [0.1, 0.15) is 22.3 Å². The standard InChI is InChI=1S/C21H20BrN3O/c1-15-11-18(13-24-25-20-5-3-4-10-23-20)12-16(2)21(15)26-14-17-6-8-19(22)9-7-17/h3-13H,14H2,1-2H3,(H,23,25)/b24-13+. The molecule has 0 unspecified atom stereocenters. The van der Waals surface area contributed by atoms with Gasteiger partial charge >= 0.3 is 0 Å². The van der Waals surface area contributed by atoms with Gasteiger partial charge in [0, 0.05) is 10.7 Å². The third-order valence-corrected chi connectivity index (χ3v) is 4.37. The molecule has 26 heavy (non-hydrogen) atoms. The smallest absolute Gasteiger partial charge is 0.146 e. The molecular weight excluding hydrogens is 390 g/mol. The van der Waals surface area contributed by atoms with E-state index in [1.807, 2.05) is 44.2 Å². The van der Waals surface area contributed by atoms with Crippen LogP contribution < -0.4 is 10.2 Å². The van der Waals surface area contributed by atoms with Gasteiger partial charge in [0.2, 0.25) is 0 Å². The summed E-state index contributed by atoms with van der Waals surface area (Å²) in [6.45, 7) is 4.64. The molecule has 0 atom stereocenters. The number of benzene rings is 2. The van der Waals surface area contributed by atoms with Crippen molar-refractivity contribution in [3.63, 3.8) is 0 Å². The number of nitrogens with one attached hydrogen (secondary N) is 1. The fraction of sp³-hybridized carbons (Fsp3) is 0.143. The highest BCUT2D eigenvalue weighted by Crippen LogP contribution is 2.25. The van der Waals surface area contributed by atoms with E-state index in [0.29, 0.717) is 12.4 Å². The fourth-order valence-electron chi connectivity index (χ4n) is 2.62. The summed E-state index contributed by atoms with van der Waals surface area (Å²) in [5.41, 5.74) is 7.24. The number of rotatable bonds is 6. The van der Waals surface area contributed by atoms with Crippen molar-refractivity contribution in [1.82, 2.24) is 4.98 Å². The van der Waals surface area contributed by atoms with Crippen molar-refractivity contribution in [3.05, 3.63) is 87.5 Å². The number of pyridine rings is 1. The highest BCUT2D eigenvalue weighted by atomic mass is 79.9. The van der Waals surface area contributed by atoms with Crippen LogP contribution in [-0.4, -0.2) is 11.2 Å². The molecule has 0 aliphatic carbocycles. The molecule has 3 rings (SSSR count). The Morgan fingerprint density at radius 3 is 2.46 bits per heavy atom. The number of nitrogens with zero attached hydrogens (tertiary/aromatic N) is 2. The number of anilines is 1. The molecule has 132 valence electrons. The van der Waals surface area contributed by atoms with Gasteiger partial charge in [-0.3, -0.25) is 5.43 Å². The largest absolute Gasteiger partial charge is 0.488 e. The third kappa shape index (κ3) is 4.92. The Morgan fingerprint density at radius 1 is 1.08 bits per heavy atom. The lowest BCUT2D eigenvalue weighted by Crippen LogP contribution is -2.00. The zero-order chi connectivity index (χ0) is 18.4. The third-order valence-electron chi connectivity index (χ3n) is 3.84. The van der Waals surface area contributed by atoms with Gasteiger partial charge in [-0.25, -0.2) is 4.98 Å².